The normalized spacial score (nSPS) is 23.7. The van der Waals surface area contributed by atoms with E-state index in [4.69, 9.17) is 6.42 Å². The van der Waals surface area contributed by atoms with Gasteiger partial charge in [0.1, 0.15) is 0 Å². The summed E-state index contributed by atoms with van der Waals surface area (Å²) in [4.78, 5) is 26.6. The Hall–Kier alpha value is -2.82. The number of benzene rings is 1. The van der Waals surface area contributed by atoms with Gasteiger partial charge >= 0.3 is 0 Å². The second-order valence-electron chi connectivity index (χ2n) is 8.23. The van der Waals surface area contributed by atoms with Gasteiger partial charge in [-0.3, -0.25) is 14.5 Å². The second kappa shape index (κ2) is 8.90. The van der Waals surface area contributed by atoms with Crippen LogP contribution in [-0.2, 0) is 23.2 Å². The van der Waals surface area contributed by atoms with Crippen molar-refractivity contribution in [2.75, 3.05) is 19.6 Å². The van der Waals surface area contributed by atoms with Crippen LogP contribution in [-0.4, -0.2) is 59.0 Å². The highest BCUT2D eigenvalue weighted by atomic mass is 16.2. The largest absolute Gasteiger partial charge is 0.353 e. The smallest absolute Gasteiger partial charge is 0.237 e. The quantitative estimate of drug-likeness (QED) is 0.592. The lowest BCUT2D eigenvalue weighted by molar-refractivity contribution is -0.129. The molecular weight excluding hydrogens is 378 g/mol. The van der Waals surface area contributed by atoms with E-state index in [-0.39, 0.29) is 36.5 Å². The van der Waals surface area contributed by atoms with E-state index >= 15 is 0 Å². The summed E-state index contributed by atoms with van der Waals surface area (Å²) in [6.07, 6.45) is 9.28. The number of aryl methyl sites for hydroxylation is 1. The average Bonchev–Trinajstić information content (AvgIpc) is 3.33. The van der Waals surface area contributed by atoms with Crippen LogP contribution >= 0.6 is 0 Å². The van der Waals surface area contributed by atoms with Crippen LogP contribution in [0.2, 0.25) is 0 Å². The van der Waals surface area contributed by atoms with Crippen LogP contribution in [0.4, 0.5) is 0 Å². The minimum Gasteiger partial charge on any atom is -0.353 e. The number of fused-ring (bicyclic) bond motifs is 2. The van der Waals surface area contributed by atoms with E-state index in [0.717, 1.165) is 19.5 Å². The Morgan fingerprint density at radius 2 is 2.20 bits per heavy atom. The average molecular weight is 408 g/mol. The molecule has 30 heavy (non-hydrogen) atoms. The van der Waals surface area contributed by atoms with Crippen LogP contribution in [0.15, 0.2) is 30.5 Å². The van der Waals surface area contributed by atoms with Crippen molar-refractivity contribution in [3.8, 4) is 12.3 Å². The lowest BCUT2D eigenvalue weighted by Gasteiger charge is -2.37. The van der Waals surface area contributed by atoms with E-state index in [9.17, 15) is 9.59 Å². The summed E-state index contributed by atoms with van der Waals surface area (Å²) in [7, 11) is 2.07. The molecule has 1 aromatic carbocycles. The molecule has 0 radical (unpaired) electrons. The number of nitrogens with zero attached hydrogens (tertiary/aromatic N) is 2. The van der Waals surface area contributed by atoms with Gasteiger partial charge in [0.05, 0.1) is 12.6 Å². The van der Waals surface area contributed by atoms with Crippen LogP contribution in [0.3, 0.4) is 0 Å². The molecule has 2 saturated heterocycles. The first-order valence-corrected chi connectivity index (χ1v) is 10.6. The molecule has 2 aliphatic rings. The highest BCUT2D eigenvalue weighted by Gasteiger charge is 2.43. The molecule has 7 nitrogen and oxygen atoms in total. The van der Waals surface area contributed by atoms with Crippen molar-refractivity contribution < 1.29 is 9.59 Å². The summed E-state index contributed by atoms with van der Waals surface area (Å²) in [5, 5.41) is 10.6. The van der Waals surface area contributed by atoms with Gasteiger partial charge in [-0.15, -0.1) is 6.42 Å². The number of hydrogen-bond donors (Lipinski definition) is 3. The predicted molar refractivity (Wildman–Crippen MR) is 117 cm³/mol. The number of para-hydroxylation sites is 1. The Labute approximate surface area is 177 Å². The number of hydrogen-bond acceptors (Lipinski definition) is 4. The van der Waals surface area contributed by atoms with Crippen molar-refractivity contribution in [1.82, 2.24) is 25.4 Å². The summed E-state index contributed by atoms with van der Waals surface area (Å²) >= 11 is 0. The highest BCUT2D eigenvalue weighted by Crippen LogP contribution is 2.27. The van der Waals surface area contributed by atoms with Crippen molar-refractivity contribution in [2.45, 2.75) is 43.9 Å². The molecule has 0 unspecified atom stereocenters. The van der Waals surface area contributed by atoms with Crippen molar-refractivity contribution in [3.05, 3.63) is 36.0 Å². The van der Waals surface area contributed by atoms with Crippen molar-refractivity contribution in [1.29, 1.82) is 0 Å². The van der Waals surface area contributed by atoms with Crippen LogP contribution in [0.25, 0.3) is 10.9 Å². The molecule has 0 bridgehead atoms. The predicted octanol–water partition coefficient (Wildman–Crippen LogP) is 0.739. The molecule has 3 heterocycles. The summed E-state index contributed by atoms with van der Waals surface area (Å²) in [6, 6.07) is 8.70. The first-order valence-electron chi connectivity index (χ1n) is 10.6. The Balaban J connectivity index is 1.36. The molecule has 2 amide bonds. The second-order valence-corrected chi connectivity index (χ2v) is 8.23. The molecule has 2 aromatic rings. The van der Waals surface area contributed by atoms with Crippen molar-refractivity contribution in [2.24, 2.45) is 7.05 Å². The van der Waals surface area contributed by atoms with E-state index in [2.05, 4.69) is 68.8 Å². The first kappa shape index (κ1) is 20.5. The lowest BCUT2D eigenvalue weighted by atomic mass is 10.0. The Morgan fingerprint density at radius 3 is 3.03 bits per heavy atom. The number of aromatic nitrogens is 1. The van der Waals surface area contributed by atoms with Crippen molar-refractivity contribution in [3.63, 3.8) is 0 Å². The third-order valence-corrected chi connectivity index (χ3v) is 6.28. The molecule has 0 aliphatic carbocycles. The molecule has 7 heteroatoms. The molecule has 158 valence electrons. The molecular formula is C23H29N5O2. The molecule has 2 aliphatic heterocycles. The highest BCUT2D eigenvalue weighted by molar-refractivity contribution is 5.84. The van der Waals surface area contributed by atoms with Gasteiger partial charge in [0.2, 0.25) is 11.8 Å². The van der Waals surface area contributed by atoms with Gasteiger partial charge in [-0.25, -0.2) is 0 Å². The lowest BCUT2D eigenvalue weighted by Crippen LogP contribution is -2.58. The van der Waals surface area contributed by atoms with E-state index in [1.165, 1.54) is 16.5 Å². The maximum absolute atomic E-state index is 12.4. The van der Waals surface area contributed by atoms with Crippen molar-refractivity contribution >= 4 is 22.7 Å². The maximum atomic E-state index is 12.4. The number of nitrogens with one attached hydrogen (secondary N) is 3. The van der Waals surface area contributed by atoms with Gasteiger partial charge in [-0.1, -0.05) is 24.1 Å². The zero-order valence-electron chi connectivity index (χ0n) is 17.4. The standard InChI is InChI=1S/C23H29N5O2/c1-3-10-24-22(29)9-8-18-13-26-23(30)21-11-17(15-28(18)21)25-12-16-14-27(2)20-7-5-4-6-19(16)20/h1,4-7,14,17-18,21,25H,8-13,15H2,2H3,(H,24,29)(H,26,30)/t17-,18-,21-/m1/s1. The van der Waals surface area contributed by atoms with Gasteiger partial charge in [0, 0.05) is 62.3 Å². The third-order valence-electron chi connectivity index (χ3n) is 6.28. The fourth-order valence-electron chi connectivity index (χ4n) is 4.75. The zero-order valence-corrected chi connectivity index (χ0v) is 17.4. The van der Waals surface area contributed by atoms with Crippen LogP contribution in [0.5, 0.6) is 0 Å². The molecule has 0 saturated carbocycles. The zero-order chi connectivity index (χ0) is 21.1. The first-order chi connectivity index (χ1) is 14.6. The number of piperazine rings is 1. The van der Waals surface area contributed by atoms with Gasteiger partial charge in [-0.05, 0) is 24.5 Å². The van der Waals surface area contributed by atoms with E-state index < -0.39 is 0 Å². The van der Waals surface area contributed by atoms with E-state index in [1.807, 2.05) is 0 Å². The molecule has 1 aromatic heterocycles. The molecule has 0 spiro atoms. The summed E-state index contributed by atoms with van der Waals surface area (Å²) < 4.78 is 2.15. The monoisotopic (exact) mass is 407 g/mol. The molecule has 2 fully saturated rings. The minimum absolute atomic E-state index is 0.0359. The SMILES string of the molecule is C#CCNC(=O)CC[C@@H]1CNC(=O)[C@H]2C[C@@H](NCc3cn(C)c4ccccc34)CN12. The minimum atomic E-state index is -0.123. The number of carbonyl (C=O) groups excluding carboxylic acids is 2. The Morgan fingerprint density at radius 1 is 1.37 bits per heavy atom. The van der Waals surface area contributed by atoms with Gasteiger partial charge in [-0.2, -0.15) is 0 Å². The molecule has 3 atom stereocenters. The molecule has 4 rings (SSSR count). The molecule has 3 N–H and O–H groups in total. The fraction of sp³-hybridized carbons (Fsp3) is 0.478. The number of carbonyl (C=O) groups is 2. The summed E-state index contributed by atoms with van der Waals surface area (Å²) in [5.41, 5.74) is 2.49. The Bertz CT molecular complexity index is 976. The fourth-order valence-corrected chi connectivity index (χ4v) is 4.75. The third kappa shape index (κ3) is 4.20. The van der Waals surface area contributed by atoms with E-state index in [1.54, 1.807) is 0 Å². The number of terminal acetylenes is 1. The van der Waals surface area contributed by atoms with Gasteiger partial charge in [0.15, 0.2) is 0 Å². The van der Waals surface area contributed by atoms with Gasteiger partial charge < -0.3 is 20.5 Å². The summed E-state index contributed by atoms with van der Waals surface area (Å²) in [6.45, 7) is 2.44. The van der Waals surface area contributed by atoms with E-state index in [0.29, 0.717) is 19.4 Å². The maximum Gasteiger partial charge on any atom is 0.237 e. The topological polar surface area (TPSA) is 78.4 Å². The van der Waals surface area contributed by atoms with Crippen LogP contribution in [0, 0.1) is 12.3 Å². The van der Waals surface area contributed by atoms with Crippen LogP contribution < -0.4 is 16.0 Å². The van der Waals surface area contributed by atoms with Gasteiger partial charge in [0.25, 0.3) is 0 Å². The Kier molecular flexibility index (Phi) is 6.07. The number of rotatable bonds is 7. The summed E-state index contributed by atoms with van der Waals surface area (Å²) in [5.74, 6) is 2.48. The number of amides is 2. The van der Waals surface area contributed by atoms with Crippen LogP contribution in [0.1, 0.15) is 24.8 Å².